The molecule has 1 unspecified atom stereocenters. The van der Waals surface area contributed by atoms with Crippen LogP contribution in [0.1, 0.15) is 23.0 Å². The van der Waals surface area contributed by atoms with Gasteiger partial charge in [-0.3, -0.25) is 0 Å². The number of carbonyl (C=O) groups is 1. The summed E-state index contributed by atoms with van der Waals surface area (Å²) in [5.74, 6) is -4.18. The van der Waals surface area contributed by atoms with Gasteiger partial charge in [0.25, 0.3) is 0 Å². The first-order valence-corrected chi connectivity index (χ1v) is 8.95. The summed E-state index contributed by atoms with van der Waals surface area (Å²) in [7, 11) is -4.13. The van der Waals surface area contributed by atoms with Gasteiger partial charge in [-0.1, -0.05) is 0 Å². The number of aromatic amines is 1. The maximum absolute atomic E-state index is 13.5. The third kappa shape index (κ3) is 3.33. The van der Waals surface area contributed by atoms with Crippen LogP contribution < -0.4 is 4.72 Å². The first-order chi connectivity index (χ1) is 12.2. The topological polar surface area (TPSA) is 112 Å². The molecule has 10 heteroatoms. The second-order valence-electron chi connectivity index (χ2n) is 5.77. The van der Waals surface area contributed by atoms with Crippen LogP contribution in [0.2, 0.25) is 0 Å². The van der Waals surface area contributed by atoms with E-state index in [9.17, 15) is 22.0 Å². The number of furan rings is 1. The summed E-state index contributed by atoms with van der Waals surface area (Å²) >= 11 is 0. The zero-order valence-corrected chi connectivity index (χ0v) is 14.2. The molecule has 3 aromatic rings. The van der Waals surface area contributed by atoms with Gasteiger partial charge in [0.2, 0.25) is 15.8 Å². The molecule has 0 bridgehead atoms. The Labute approximate surface area is 146 Å². The van der Waals surface area contributed by atoms with Gasteiger partial charge < -0.3 is 14.5 Å². The summed E-state index contributed by atoms with van der Waals surface area (Å²) < 4.78 is 58.5. The van der Waals surface area contributed by atoms with Crippen molar-refractivity contribution in [1.29, 1.82) is 0 Å². The van der Waals surface area contributed by atoms with E-state index in [0.29, 0.717) is 16.5 Å². The minimum Gasteiger partial charge on any atom is -0.475 e. The van der Waals surface area contributed by atoms with E-state index in [1.165, 1.54) is 6.20 Å². The van der Waals surface area contributed by atoms with Gasteiger partial charge in [0, 0.05) is 29.2 Å². The van der Waals surface area contributed by atoms with Crippen molar-refractivity contribution in [3.05, 3.63) is 53.6 Å². The summed E-state index contributed by atoms with van der Waals surface area (Å²) in [4.78, 5) is 13.3. The van der Waals surface area contributed by atoms with Gasteiger partial charge >= 0.3 is 5.97 Å². The molecule has 0 fully saturated rings. The van der Waals surface area contributed by atoms with Crippen molar-refractivity contribution in [2.24, 2.45) is 0 Å². The highest BCUT2D eigenvalue weighted by Crippen LogP contribution is 2.23. The number of carboxylic acids is 1. The quantitative estimate of drug-likeness (QED) is 0.605. The molecule has 3 rings (SSSR count). The van der Waals surface area contributed by atoms with E-state index in [4.69, 9.17) is 5.11 Å². The third-order valence-electron chi connectivity index (χ3n) is 3.80. The summed E-state index contributed by atoms with van der Waals surface area (Å²) in [5.41, 5.74) is 0.969. The largest absolute Gasteiger partial charge is 0.475 e. The lowest BCUT2D eigenvalue weighted by Crippen LogP contribution is -2.34. The normalized spacial score (nSPS) is 13.2. The number of aromatic carboxylic acids is 1. The number of aromatic nitrogens is 1. The number of hydrogen-bond donors (Lipinski definition) is 3. The number of sulfonamides is 1. The van der Waals surface area contributed by atoms with E-state index in [2.05, 4.69) is 14.1 Å². The molecule has 26 heavy (non-hydrogen) atoms. The monoisotopic (exact) mass is 384 g/mol. The van der Waals surface area contributed by atoms with E-state index in [-0.39, 0.29) is 6.42 Å². The maximum Gasteiger partial charge on any atom is 0.373 e. The van der Waals surface area contributed by atoms with Gasteiger partial charge in [0.05, 0.1) is 6.26 Å². The number of rotatable bonds is 6. The summed E-state index contributed by atoms with van der Waals surface area (Å²) in [6.45, 7) is 1.57. The number of hydrogen-bond acceptors (Lipinski definition) is 4. The third-order valence-corrected chi connectivity index (χ3v) is 5.42. The fourth-order valence-corrected chi connectivity index (χ4v) is 4.06. The molecule has 1 aromatic carbocycles. The highest BCUT2D eigenvalue weighted by Gasteiger charge is 2.27. The second-order valence-corrected chi connectivity index (χ2v) is 7.45. The van der Waals surface area contributed by atoms with E-state index in [1.54, 1.807) is 6.92 Å². The Morgan fingerprint density at radius 1 is 1.35 bits per heavy atom. The summed E-state index contributed by atoms with van der Waals surface area (Å²) in [5, 5.41) is 9.40. The number of halogens is 2. The van der Waals surface area contributed by atoms with Gasteiger partial charge in [-0.05, 0) is 31.0 Å². The maximum atomic E-state index is 13.5. The molecule has 2 heterocycles. The van der Waals surface area contributed by atoms with Gasteiger partial charge in [-0.15, -0.1) is 0 Å². The fraction of sp³-hybridized carbons (Fsp3) is 0.188. The van der Waals surface area contributed by atoms with Crippen molar-refractivity contribution in [3.8, 4) is 0 Å². The molecule has 0 aliphatic heterocycles. The minimum atomic E-state index is -4.13. The second kappa shape index (κ2) is 6.54. The molecule has 0 radical (unpaired) electrons. The van der Waals surface area contributed by atoms with E-state index < -0.39 is 44.3 Å². The molecule has 0 aliphatic rings. The van der Waals surface area contributed by atoms with Crippen molar-refractivity contribution in [2.45, 2.75) is 24.3 Å². The first kappa shape index (κ1) is 18.1. The molecule has 3 N–H and O–H groups in total. The first-order valence-electron chi connectivity index (χ1n) is 7.47. The Morgan fingerprint density at radius 2 is 2.04 bits per heavy atom. The molecular formula is C16H14F2N2O5S. The molecule has 7 nitrogen and oxygen atoms in total. The van der Waals surface area contributed by atoms with Crippen molar-refractivity contribution in [3.63, 3.8) is 0 Å². The van der Waals surface area contributed by atoms with E-state index >= 15 is 0 Å². The van der Waals surface area contributed by atoms with E-state index in [0.717, 1.165) is 24.5 Å². The van der Waals surface area contributed by atoms with Crippen molar-refractivity contribution in [2.75, 3.05) is 0 Å². The standard InChI is InChI=1S/C16H14F2N2O5S/c1-8(20-26(23,24)14-2-3-25-15(14)16(21)22)4-9-7-19-13-6-12(18)11(17)5-10(9)13/h2-3,5-8,19-20H,4H2,1H3,(H,21,22). The average Bonchev–Trinajstić information content (AvgIpc) is 3.16. The predicted octanol–water partition coefficient (Wildman–Crippen LogP) is 2.65. The number of nitrogens with one attached hydrogen (secondary N) is 2. The van der Waals surface area contributed by atoms with Crippen LogP contribution in [-0.2, 0) is 16.4 Å². The highest BCUT2D eigenvalue weighted by molar-refractivity contribution is 7.89. The van der Waals surface area contributed by atoms with Crippen LogP contribution in [0.5, 0.6) is 0 Å². The molecule has 0 amide bonds. The molecule has 0 saturated carbocycles. The molecule has 1 atom stereocenters. The Bertz CT molecular complexity index is 1090. The number of fused-ring (bicyclic) bond motifs is 1. The Balaban J connectivity index is 1.83. The molecule has 138 valence electrons. The Kier molecular flexibility index (Phi) is 4.55. The highest BCUT2D eigenvalue weighted by atomic mass is 32.2. The summed E-state index contributed by atoms with van der Waals surface area (Å²) in [6, 6.07) is 2.45. The summed E-state index contributed by atoms with van der Waals surface area (Å²) in [6.07, 6.45) is 2.68. The van der Waals surface area contributed by atoms with Gasteiger partial charge in [-0.2, -0.15) is 0 Å². The van der Waals surface area contributed by atoms with Crippen molar-refractivity contribution < 1.29 is 31.5 Å². The van der Waals surface area contributed by atoms with Crippen molar-refractivity contribution >= 4 is 26.9 Å². The van der Waals surface area contributed by atoms with Crippen LogP contribution in [0.4, 0.5) is 8.78 Å². The van der Waals surface area contributed by atoms with Crippen LogP contribution in [0.15, 0.2) is 40.0 Å². The lowest BCUT2D eigenvalue weighted by atomic mass is 10.1. The minimum absolute atomic E-state index is 0.171. The SMILES string of the molecule is CC(Cc1c[nH]c2cc(F)c(F)cc12)NS(=O)(=O)c1ccoc1C(=O)O. The Hall–Kier alpha value is -2.72. The van der Waals surface area contributed by atoms with Crippen molar-refractivity contribution in [1.82, 2.24) is 9.71 Å². The molecule has 2 aromatic heterocycles. The zero-order valence-electron chi connectivity index (χ0n) is 13.4. The van der Waals surface area contributed by atoms with Crippen LogP contribution in [0.3, 0.4) is 0 Å². The van der Waals surface area contributed by atoms with Gasteiger partial charge in [0.15, 0.2) is 11.6 Å². The van der Waals surface area contributed by atoms with Gasteiger partial charge in [-0.25, -0.2) is 26.7 Å². The smallest absolute Gasteiger partial charge is 0.373 e. The molecule has 0 spiro atoms. The molecule has 0 saturated heterocycles. The van der Waals surface area contributed by atoms with Crippen LogP contribution in [0, 0.1) is 11.6 Å². The average molecular weight is 384 g/mol. The van der Waals surface area contributed by atoms with Crippen LogP contribution >= 0.6 is 0 Å². The number of H-pyrrole nitrogens is 1. The zero-order chi connectivity index (χ0) is 19.1. The van der Waals surface area contributed by atoms with E-state index in [1.807, 2.05) is 0 Å². The lowest BCUT2D eigenvalue weighted by molar-refractivity contribution is 0.0656. The predicted molar refractivity (Wildman–Crippen MR) is 87.4 cm³/mol. The van der Waals surface area contributed by atoms with Crippen LogP contribution in [-0.4, -0.2) is 30.5 Å². The fourth-order valence-electron chi connectivity index (χ4n) is 2.71. The molecular weight excluding hydrogens is 370 g/mol. The number of carboxylic acid groups (broad SMARTS) is 1. The van der Waals surface area contributed by atoms with Crippen LogP contribution in [0.25, 0.3) is 10.9 Å². The Morgan fingerprint density at radius 3 is 2.73 bits per heavy atom. The van der Waals surface area contributed by atoms with Gasteiger partial charge in [0.1, 0.15) is 4.90 Å². The number of benzene rings is 1. The molecule has 0 aliphatic carbocycles. The lowest BCUT2D eigenvalue weighted by Gasteiger charge is -2.13.